The minimum atomic E-state index is -0.797. The topological polar surface area (TPSA) is 32.3 Å². The van der Waals surface area contributed by atoms with Gasteiger partial charge >= 0.3 is 0 Å². The Labute approximate surface area is 154 Å². The number of halogens is 4. The highest BCUT2D eigenvalue weighted by Gasteiger charge is 2.26. The molecule has 2 aromatic rings. The zero-order valence-electron chi connectivity index (χ0n) is 13.9. The molecule has 2 aromatic carbocycles. The van der Waals surface area contributed by atoms with Gasteiger partial charge in [-0.25, -0.2) is 13.2 Å². The second-order valence-electron chi connectivity index (χ2n) is 6.40. The number of benzene rings is 2. The lowest BCUT2D eigenvalue weighted by molar-refractivity contribution is -0.121. The minimum absolute atomic E-state index is 0.0259. The summed E-state index contributed by atoms with van der Waals surface area (Å²) < 4.78 is 40.4. The van der Waals surface area contributed by atoms with E-state index < -0.39 is 11.6 Å². The second-order valence-corrected chi connectivity index (χ2v) is 6.84. The summed E-state index contributed by atoms with van der Waals surface area (Å²) in [6.07, 6.45) is 1.17. The summed E-state index contributed by atoms with van der Waals surface area (Å²) in [6.45, 7) is 1.71. The normalized spacial score (nSPS) is 15.8. The number of hydrogen-bond acceptors (Lipinski definition) is 2. The van der Waals surface area contributed by atoms with E-state index in [1.807, 2.05) is 0 Å². The van der Waals surface area contributed by atoms with Crippen molar-refractivity contribution in [2.24, 2.45) is 5.92 Å². The van der Waals surface area contributed by atoms with E-state index in [1.165, 1.54) is 12.1 Å². The van der Waals surface area contributed by atoms with E-state index in [0.29, 0.717) is 43.1 Å². The summed E-state index contributed by atoms with van der Waals surface area (Å²) in [5.41, 5.74) is 0.535. The van der Waals surface area contributed by atoms with Crippen LogP contribution < -0.4 is 5.32 Å². The Morgan fingerprint density at radius 3 is 2.46 bits per heavy atom. The van der Waals surface area contributed by atoms with Gasteiger partial charge in [0.2, 0.25) is 5.91 Å². The van der Waals surface area contributed by atoms with Gasteiger partial charge in [-0.2, -0.15) is 0 Å². The third kappa shape index (κ3) is 4.56. The Morgan fingerprint density at radius 2 is 1.81 bits per heavy atom. The van der Waals surface area contributed by atoms with Gasteiger partial charge in [0, 0.05) is 29.1 Å². The average Bonchev–Trinajstić information content (AvgIpc) is 2.60. The van der Waals surface area contributed by atoms with Crippen LogP contribution in [0.4, 0.5) is 18.9 Å². The number of carbonyl (C=O) groups is 1. The molecule has 1 fully saturated rings. The van der Waals surface area contributed by atoms with Crippen LogP contribution in [0.2, 0.25) is 5.02 Å². The van der Waals surface area contributed by atoms with Gasteiger partial charge in [0.25, 0.3) is 0 Å². The largest absolute Gasteiger partial charge is 0.323 e. The highest BCUT2D eigenvalue weighted by Crippen LogP contribution is 2.23. The molecule has 3 nitrogen and oxygen atoms in total. The molecule has 7 heteroatoms. The summed E-state index contributed by atoms with van der Waals surface area (Å²) in [7, 11) is 0. The van der Waals surface area contributed by atoms with Crippen molar-refractivity contribution in [2.45, 2.75) is 19.4 Å². The van der Waals surface area contributed by atoms with E-state index in [4.69, 9.17) is 11.6 Å². The van der Waals surface area contributed by atoms with Crippen molar-refractivity contribution < 1.29 is 18.0 Å². The standard InChI is InChI=1S/C19H18ClF3N2O/c20-14-2-1-13(16(22)9-14)11-25-7-5-12(6-8-25)19(26)24-18-4-3-15(21)10-17(18)23/h1-4,9-10,12H,5-8,11H2,(H,24,26). The van der Waals surface area contributed by atoms with Crippen LogP contribution in [-0.2, 0) is 11.3 Å². The first-order valence-electron chi connectivity index (χ1n) is 8.34. The zero-order valence-corrected chi connectivity index (χ0v) is 14.7. The number of hydrogen-bond donors (Lipinski definition) is 1. The maximum atomic E-state index is 13.9. The van der Waals surface area contributed by atoms with Crippen LogP contribution >= 0.6 is 11.6 Å². The fourth-order valence-electron chi connectivity index (χ4n) is 3.07. The van der Waals surface area contributed by atoms with E-state index in [9.17, 15) is 18.0 Å². The molecular formula is C19H18ClF3N2O. The number of rotatable bonds is 4. The van der Waals surface area contributed by atoms with Crippen molar-refractivity contribution in [3.8, 4) is 0 Å². The summed E-state index contributed by atoms with van der Waals surface area (Å²) >= 11 is 5.75. The zero-order chi connectivity index (χ0) is 18.7. The van der Waals surface area contributed by atoms with Gasteiger partial charge in [0.05, 0.1) is 5.69 Å². The van der Waals surface area contributed by atoms with Gasteiger partial charge in [0.15, 0.2) is 0 Å². The van der Waals surface area contributed by atoms with Gasteiger partial charge in [-0.1, -0.05) is 17.7 Å². The Balaban J connectivity index is 1.53. The molecule has 1 aliphatic rings. The molecular weight excluding hydrogens is 365 g/mol. The van der Waals surface area contributed by atoms with Gasteiger partial charge in [-0.15, -0.1) is 0 Å². The molecule has 3 rings (SSSR count). The maximum absolute atomic E-state index is 13.9. The molecule has 0 aliphatic carbocycles. The van der Waals surface area contributed by atoms with Gasteiger partial charge in [-0.3, -0.25) is 9.69 Å². The average molecular weight is 383 g/mol. The lowest BCUT2D eigenvalue weighted by Gasteiger charge is -2.31. The number of piperidine rings is 1. The van der Waals surface area contributed by atoms with E-state index in [2.05, 4.69) is 10.2 Å². The van der Waals surface area contributed by atoms with Crippen molar-refractivity contribution in [1.29, 1.82) is 0 Å². The molecule has 0 radical (unpaired) electrons. The van der Waals surface area contributed by atoms with Crippen LogP contribution in [0, 0.1) is 23.4 Å². The highest BCUT2D eigenvalue weighted by atomic mass is 35.5. The number of amides is 1. The fraction of sp³-hybridized carbons (Fsp3) is 0.316. The molecule has 26 heavy (non-hydrogen) atoms. The van der Waals surface area contributed by atoms with Crippen molar-refractivity contribution in [3.05, 3.63) is 64.4 Å². The molecule has 1 aliphatic heterocycles. The maximum Gasteiger partial charge on any atom is 0.227 e. The predicted molar refractivity (Wildman–Crippen MR) is 94.4 cm³/mol. The molecule has 1 saturated heterocycles. The lowest BCUT2D eigenvalue weighted by Crippen LogP contribution is -2.38. The SMILES string of the molecule is O=C(Nc1ccc(F)cc1F)C1CCN(Cc2ccc(Cl)cc2F)CC1. The van der Waals surface area contributed by atoms with Crippen molar-refractivity contribution >= 4 is 23.2 Å². The summed E-state index contributed by atoms with van der Waals surface area (Å²) in [6, 6.07) is 7.64. The molecule has 1 N–H and O–H groups in total. The number of carbonyl (C=O) groups excluding carboxylic acids is 1. The van der Waals surface area contributed by atoms with Crippen molar-refractivity contribution in [1.82, 2.24) is 4.90 Å². The molecule has 0 spiro atoms. The Bertz CT molecular complexity index is 807. The predicted octanol–water partition coefficient (Wildman–Crippen LogP) is 4.61. The first-order chi connectivity index (χ1) is 12.4. The Hall–Kier alpha value is -2.05. The molecule has 0 bridgehead atoms. The van der Waals surface area contributed by atoms with E-state index in [1.54, 1.807) is 12.1 Å². The smallest absolute Gasteiger partial charge is 0.227 e. The third-order valence-corrected chi connectivity index (χ3v) is 4.79. The Kier molecular flexibility index (Phi) is 5.84. The van der Waals surface area contributed by atoms with Crippen LogP contribution in [-0.4, -0.2) is 23.9 Å². The van der Waals surface area contributed by atoms with Gasteiger partial charge in [0.1, 0.15) is 17.5 Å². The monoisotopic (exact) mass is 382 g/mol. The third-order valence-electron chi connectivity index (χ3n) is 4.56. The molecule has 0 unspecified atom stereocenters. The van der Waals surface area contributed by atoms with Crippen LogP contribution in [0.25, 0.3) is 0 Å². The van der Waals surface area contributed by atoms with E-state index in [0.717, 1.165) is 12.1 Å². The minimum Gasteiger partial charge on any atom is -0.323 e. The first-order valence-corrected chi connectivity index (χ1v) is 8.72. The van der Waals surface area contributed by atoms with E-state index >= 15 is 0 Å². The Morgan fingerprint density at radius 1 is 1.08 bits per heavy atom. The summed E-state index contributed by atoms with van der Waals surface area (Å²) in [5.74, 6) is -2.38. The van der Waals surface area contributed by atoms with E-state index in [-0.39, 0.29) is 23.3 Å². The van der Waals surface area contributed by atoms with Crippen LogP contribution in [0.15, 0.2) is 36.4 Å². The van der Waals surface area contributed by atoms with Crippen LogP contribution in [0.5, 0.6) is 0 Å². The summed E-state index contributed by atoms with van der Waals surface area (Å²) in [5, 5.41) is 2.87. The van der Waals surface area contributed by atoms with Crippen LogP contribution in [0.1, 0.15) is 18.4 Å². The highest BCUT2D eigenvalue weighted by molar-refractivity contribution is 6.30. The van der Waals surface area contributed by atoms with Gasteiger partial charge < -0.3 is 5.32 Å². The fourth-order valence-corrected chi connectivity index (χ4v) is 3.23. The molecule has 0 aromatic heterocycles. The van der Waals surface area contributed by atoms with Crippen molar-refractivity contribution in [2.75, 3.05) is 18.4 Å². The number of nitrogens with one attached hydrogen (secondary N) is 1. The molecule has 1 amide bonds. The summed E-state index contributed by atoms with van der Waals surface area (Å²) in [4.78, 5) is 14.4. The second kappa shape index (κ2) is 8.10. The number of anilines is 1. The first kappa shape index (κ1) is 18.7. The molecule has 1 heterocycles. The lowest BCUT2D eigenvalue weighted by atomic mass is 9.95. The number of nitrogens with zero attached hydrogens (tertiary/aromatic N) is 1. The molecule has 0 saturated carbocycles. The van der Waals surface area contributed by atoms with Crippen molar-refractivity contribution in [3.63, 3.8) is 0 Å². The molecule has 0 atom stereocenters. The number of likely N-dealkylation sites (tertiary alicyclic amines) is 1. The van der Waals surface area contributed by atoms with Crippen LogP contribution in [0.3, 0.4) is 0 Å². The molecule has 138 valence electrons. The quantitative estimate of drug-likeness (QED) is 0.837. The van der Waals surface area contributed by atoms with Gasteiger partial charge in [-0.05, 0) is 50.2 Å².